The molecule has 1 aliphatic rings. The van der Waals surface area contributed by atoms with Gasteiger partial charge in [-0.15, -0.1) is 0 Å². The molecule has 4 aromatic rings. The molecule has 4 aromatic carbocycles. The molecule has 1 fully saturated rings. The van der Waals surface area contributed by atoms with E-state index in [1.807, 2.05) is 72.8 Å². The van der Waals surface area contributed by atoms with Crippen molar-refractivity contribution in [3.05, 3.63) is 131 Å². The molecule has 1 aliphatic heterocycles. The van der Waals surface area contributed by atoms with E-state index in [-0.39, 0.29) is 30.6 Å². The minimum atomic E-state index is -0.857. The third-order valence-corrected chi connectivity index (χ3v) is 8.51. The zero-order chi connectivity index (χ0) is 33.3. The molecule has 246 valence electrons. The van der Waals surface area contributed by atoms with Crippen LogP contribution in [-0.4, -0.2) is 47.7 Å². The molecule has 0 bridgehead atoms. The van der Waals surface area contributed by atoms with E-state index in [1.54, 1.807) is 6.92 Å². The molecule has 47 heavy (non-hydrogen) atoms. The van der Waals surface area contributed by atoms with Crippen molar-refractivity contribution < 1.29 is 28.9 Å². The van der Waals surface area contributed by atoms with E-state index in [1.165, 1.54) is 12.5 Å². The summed E-state index contributed by atoms with van der Waals surface area (Å²) in [6, 6.07) is 34.5. The van der Waals surface area contributed by atoms with Gasteiger partial charge in [0.1, 0.15) is 0 Å². The van der Waals surface area contributed by atoms with Crippen LogP contribution in [0.2, 0.25) is 0 Å². The van der Waals surface area contributed by atoms with Crippen LogP contribution in [-0.2, 0) is 43.5 Å². The summed E-state index contributed by atoms with van der Waals surface area (Å²) < 4.78 is 18.4. The molecule has 8 nitrogen and oxygen atoms in total. The molecular formula is C39H44N2O6. The van der Waals surface area contributed by atoms with Gasteiger partial charge in [-0.2, -0.15) is 0 Å². The van der Waals surface area contributed by atoms with E-state index >= 15 is 0 Å². The van der Waals surface area contributed by atoms with Gasteiger partial charge in [0.2, 0.25) is 0 Å². The number of ether oxygens (including phenoxy) is 3. The number of likely N-dealkylation sites (N-methyl/N-ethyl adjacent to an activating group) is 1. The second-order valence-electron chi connectivity index (χ2n) is 12.3. The molecule has 1 heterocycles. The Hall–Kier alpha value is -4.34. The first-order chi connectivity index (χ1) is 22.7. The van der Waals surface area contributed by atoms with Crippen molar-refractivity contribution in [2.24, 2.45) is 5.92 Å². The summed E-state index contributed by atoms with van der Waals surface area (Å²) in [6.07, 6.45) is -1.76. The highest BCUT2D eigenvalue weighted by Gasteiger charge is 2.39. The summed E-state index contributed by atoms with van der Waals surface area (Å²) >= 11 is 0. The molecule has 5 unspecified atom stereocenters. The average molecular weight is 637 g/mol. The highest BCUT2D eigenvalue weighted by Crippen LogP contribution is 2.42. The fourth-order valence-corrected chi connectivity index (χ4v) is 5.96. The van der Waals surface area contributed by atoms with Gasteiger partial charge in [0.05, 0.1) is 18.8 Å². The molecule has 0 aliphatic carbocycles. The zero-order valence-corrected chi connectivity index (χ0v) is 27.5. The van der Waals surface area contributed by atoms with Gasteiger partial charge in [0.25, 0.3) is 5.91 Å². The number of hydrogen-bond acceptors (Lipinski definition) is 7. The summed E-state index contributed by atoms with van der Waals surface area (Å²) in [7, 11) is 2.12. The van der Waals surface area contributed by atoms with Crippen LogP contribution in [0.4, 0.5) is 0 Å². The van der Waals surface area contributed by atoms with Gasteiger partial charge in [-0.05, 0) is 59.5 Å². The number of benzene rings is 4. The third kappa shape index (κ3) is 9.14. The van der Waals surface area contributed by atoms with Gasteiger partial charge in [-0.3, -0.25) is 14.5 Å². The van der Waals surface area contributed by atoms with Crippen LogP contribution in [0.3, 0.4) is 0 Å². The topological polar surface area (TPSA) is 97.3 Å². The van der Waals surface area contributed by atoms with Crippen LogP contribution in [0.5, 0.6) is 0 Å². The lowest BCUT2D eigenvalue weighted by Gasteiger charge is -2.42. The van der Waals surface area contributed by atoms with Crippen molar-refractivity contribution in [1.29, 1.82) is 0 Å². The quantitative estimate of drug-likeness (QED) is 0.175. The minimum Gasteiger partial charge on any atom is -0.453 e. The Morgan fingerprint density at radius 1 is 0.851 bits per heavy atom. The van der Waals surface area contributed by atoms with Crippen molar-refractivity contribution in [3.63, 3.8) is 0 Å². The lowest BCUT2D eigenvalue weighted by Crippen LogP contribution is -2.43. The fraction of sp³-hybridized carbons (Fsp3) is 0.333. The second-order valence-corrected chi connectivity index (χ2v) is 12.3. The molecule has 0 spiro atoms. The van der Waals surface area contributed by atoms with Crippen LogP contribution >= 0.6 is 0 Å². The number of nitrogens with one attached hydrogen (secondary N) is 1. The number of carbonyl (C=O) groups excluding carboxylic acids is 2. The molecule has 1 saturated heterocycles. The largest absolute Gasteiger partial charge is 0.453 e. The Labute approximate surface area is 277 Å². The van der Waals surface area contributed by atoms with Crippen LogP contribution in [0.25, 0.3) is 11.1 Å². The summed E-state index contributed by atoms with van der Waals surface area (Å²) in [4.78, 5) is 25.9. The third-order valence-electron chi connectivity index (χ3n) is 8.51. The summed E-state index contributed by atoms with van der Waals surface area (Å²) in [6.45, 7) is 6.85. The number of amides is 1. The van der Waals surface area contributed by atoms with E-state index in [0.717, 1.165) is 46.5 Å². The Bertz CT molecular complexity index is 1630. The SMILES string of the molecule is CC(=O)OC(C)C(=O)NCc1cccc(-c2cccc(C3OC(CN(C)Cc4ccccc4)C(C)C(c4ccc(CO)cc4)O3)c2)c1. The van der Waals surface area contributed by atoms with Crippen LogP contribution in [0.15, 0.2) is 103 Å². The number of rotatable bonds is 12. The zero-order valence-electron chi connectivity index (χ0n) is 27.5. The van der Waals surface area contributed by atoms with Crippen molar-refractivity contribution in [2.75, 3.05) is 13.6 Å². The van der Waals surface area contributed by atoms with E-state index in [4.69, 9.17) is 14.2 Å². The average Bonchev–Trinajstić information content (AvgIpc) is 3.08. The number of hydrogen-bond donors (Lipinski definition) is 2. The molecule has 0 radical (unpaired) electrons. The van der Waals surface area contributed by atoms with E-state index in [9.17, 15) is 14.7 Å². The van der Waals surface area contributed by atoms with Crippen LogP contribution in [0, 0.1) is 5.92 Å². The maximum atomic E-state index is 12.4. The van der Waals surface area contributed by atoms with Crippen molar-refractivity contribution in [3.8, 4) is 11.1 Å². The minimum absolute atomic E-state index is 0.00619. The summed E-state index contributed by atoms with van der Waals surface area (Å²) in [5.74, 6) is -0.771. The highest BCUT2D eigenvalue weighted by atomic mass is 16.7. The van der Waals surface area contributed by atoms with Crippen molar-refractivity contribution >= 4 is 11.9 Å². The predicted octanol–water partition coefficient (Wildman–Crippen LogP) is 6.34. The number of aliphatic hydroxyl groups is 1. The van der Waals surface area contributed by atoms with E-state index in [2.05, 4.69) is 54.5 Å². The van der Waals surface area contributed by atoms with Crippen molar-refractivity contribution in [1.82, 2.24) is 10.2 Å². The normalized spacial score (nSPS) is 20.0. The lowest BCUT2D eigenvalue weighted by atomic mass is 9.90. The predicted molar refractivity (Wildman–Crippen MR) is 181 cm³/mol. The summed E-state index contributed by atoms with van der Waals surface area (Å²) in [5, 5.41) is 12.4. The first-order valence-corrected chi connectivity index (χ1v) is 16.1. The Kier molecular flexibility index (Phi) is 11.6. The Morgan fingerprint density at radius 3 is 2.23 bits per heavy atom. The number of nitrogens with zero attached hydrogens (tertiary/aromatic N) is 1. The monoisotopic (exact) mass is 636 g/mol. The van der Waals surface area contributed by atoms with E-state index < -0.39 is 18.4 Å². The number of carbonyl (C=O) groups is 2. The van der Waals surface area contributed by atoms with Crippen LogP contribution in [0.1, 0.15) is 61.0 Å². The molecule has 8 heteroatoms. The van der Waals surface area contributed by atoms with Crippen LogP contribution < -0.4 is 5.32 Å². The molecular weight excluding hydrogens is 592 g/mol. The molecule has 2 N–H and O–H groups in total. The molecule has 0 saturated carbocycles. The molecule has 1 amide bonds. The smallest absolute Gasteiger partial charge is 0.303 e. The fourth-order valence-electron chi connectivity index (χ4n) is 5.96. The highest BCUT2D eigenvalue weighted by molar-refractivity contribution is 5.82. The van der Waals surface area contributed by atoms with Gasteiger partial charge < -0.3 is 24.6 Å². The molecule has 5 atom stereocenters. The maximum absolute atomic E-state index is 12.4. The van der Waals surface area contributed by atoms with Gasteiger partial charge in [0.15, 0.2) is 12.4 Å². The van der Waals surface area contributed by atoms with E-state index in [0.29, 0.717) is 6.54 Å². The van der Waals surface area contributed by atoms with Crippen molar-refractivity contribution in [2.45, 2.75) is 65.1 Å². The van der Waals surface area contributed by atoms with Gasteiger partial charge >= 0.3 is 5.97 Å². The number of esters is 1. The van der Waals surface area contributed by atoms with Gasteiger partial charge in [0, 0.05) is 38.0 Å². The Morgan fingerprint density at radius 2 is 1.53 bits per heavy atom. The number of aliphatic hydroxyl groups excluding tert-OH is 1. The first-order valence-electron chi connectivity index (χ1n) is 16.1. The first kappa shape index (κ1) is 34.0. The standard InChI is InChI=1S/C39H44N2O6/c1-26-36(24-41(4)23-29-10-6-5-7-11-29)46-39(47-37(26)32-18-16-30(25-42)17-19-32)35-15-9-14-34(21-35)33-13-8-12-31(20-33)22-40-38(44)27(2)45-28(3)43/h5-21,26-27,36-37,39,42H,22-25H2,1-4H3,(H,40,44). The second kappa shape index (κ2) is 16.0. The van der Waals surface area contributed by atoms with Gasteiger partial charge in [-0.1, -0.05) is 97.9 Å². The molecule has 5 rings (SSSR count). The Balaban J connectivity index is 1.36. The summed E-state index contributed by atoms with van der Waals surface area (Å²) in [5.41, 5.74) is 6.97. The lowest BCUT2D eigenvalue weighted by molar-refractivity contribution is -0.276. The maximum Gasteiger partial charge on any atom is 0.303 e. The van der Waals surface area contributed by atoms with Gasteiger partial charge in [-0.25, -0.2) is 0 Å². The molecule has 0 aromatic heterocycles.